The average molecular weight is 236 g/mol. The van der Waals surface area contributed by atoms with Gasteiger partial charge in [-0.2, -0.15) is 0 Å². The molecule has 0 amide bonds. The van der Waals surface area contributed by atoms with Gasteiger partial charge in [0.15, 0.2) is 0 Å². The highest BCUT2D eigenvalue weighted by Gasteiger charge is 2.09. The van der Waals surface area contributed by atoms with E-state index >= 15 is 0 Å². The molecule has 1 aromatic rings. The highest BCUT2D eigenvalue weighted by molar-refractivity contribution is 5.54. The van der Waals surface area contributed by atoms with E-state index in [1.54, 1.807) is 0 Å². The second kappa shape index (κ2) is 6.42. The summed E-state index contributed by atoms with van der Waals surface area (Å²) in [5.74, 6) is 2.97. The van der Waals surface area contributed by atoms with Crippen LogP contribution in [0.2, 0.25) is 0 Å². The van der Waals surface area contributed by atoms with Crippen LogP contribution < -0.4 is 11.1 Å². The molecule has 1 heterocycles. The van der Waals surface area contributed by atoms with E-state index in [4.69, 9.17) is 5.73 Å². The fourth-order valence-corrected chi connectivity index (χ4v) is 1.73. The lowest BCUT2D eigenvalue weighted by atomic mass is 10.0. The number of nitrogens with one attached hydrogen (secondary N) is 1. The molecule has 0 radical (unpaired) electrons. The van der Waals surface area contributed by atoms with E-state index in [1.807, 2.05) is 13.8 Å². The lowest BCUT2D eigenvalue weighted by molar-refractivity contribution is 0.518. The molecular weight excluding hydrogens is 212 g/mol. The molecule has 0 saturated carbocycles. The fraction of sp³-hybridized carbons (Fsp3) is 0.692. The number of anilines is 2. The third kappa shape index (κ3) is 3.58. The largest absolute Gasteiger partial charge is 0.383 e. The van der Waals surface area contributed by atoms with Crippen molar-refractivity contribution in [1.82, 2.24) is 9.97 Å². The van der Waals surface area contributed by atoms with Crippen molar-refractivity contribution in [3.8, 4) is 0 Å². The summed E-state index contributed by atoms with van der Waals surface area (Å²) in [4.78, 5) is 8.74. The summed E-state index contributed by atoms with van der Waals surface area (Å²) in [5.41, 5.74) is 6.83. The van der Waals surface area contributed by atoms with Gasteiger partial charge in [-0.05, 0) is 12.8 Å². The highest BCUT2D eigenvalue weighted by atomic mass is 15.1. The van der Waals surface area contributed by atoms with Crippen molar-refractivity contribution >= 4 is 11.6 Å². The Morgan fingerprint density at radius 3 is 2.35 bits per heavy atom. The molecule has 0 saturated heterocycles. The van der Waals surface area contributed by atoms with Crippen LogP contribution in [0.25, 0.3) is 0 Å². The Morgan fingerprint density at radius 2 is 1.82 bits per heavy atom. The lowest BCUT2D eigenvalue weighted by Crippen LogP contribution is -2.16. The van der Waals surface area contributed by atoms with E-state index in [1.165, 1.54) is 12.8 Å². The van der Waals surface area contributed by atoms with Crippen molar-refractivity contribution in [1.29, 1.82) is 0 Å². The summed E-state index contributed by atoms with van der Waals surface area (Å²) < 4.78 is 0. The zero-order valence-electron chi connectivity index (χ0n) is 11.4. The van der Waals surface area contributed by atoms with Crippen molar-refractivity contribution in [2.45, 2.75) is 47.0 Å². The number of nitrogens with zero attached hydrogens (tertiary/aromatic N) is 2. The van der Waals surface area contributed by atoms with E-state index in [9.17, 15) is 0 Å². The quantitative estimate of drug-likeness (QED) is 0.797. The monoisotopic (exact) mass is 236 g/mol. The summed E-state index contributed by atoms with van der Waals surface area (Å²) in [6.45, 7) is 9.38. The van der Waals surface area contributed by atoms with Crippen LogP contribution in [0.4, 0.5) is 11.6 Å². The van der Waals surface area contributed by atoms with Gasteiger partial charge in [0.05, 0.1) is 0 Å². The minimum atomic E-state index is 0.587. The predicted molar refractivity (Wildman–Crippen MR) is 73.1 cm³/mol. The Hall–Kier alpha value is -1.32. The Bertz CT molecular complexity index is 359. The summed E-state index contributed by atoms with van der Waals surface area (Å²) in [6.07, 6.45) is 3.18. The Morgan fingerprint density at radius 1 is 1.18 bits per heavy atom. The number of hydrogen-bond acceptors (Lipinski definition) is 4. The third-order valence-electron chi connectivity index (χ3n) is 3.26. The standard InChI is InChI=1S/C13H24N4/c1-5-10(6-2)8-15-13-9(4)12(14)16-11(7-3)17-13/h10H,5-8H2,1-4H3,(H3,14,15,16,17). The SMILES string of the molecule is CCc1nc(N)c(C)c(NCC(CC)CC)n1. The fourth-order valence-electron chi connectivity index (χ4n) is 1.73. The Kier molecular flexibility index (Phi) is 5.19. The second-order valence-corrected chi connectivity index (χ2v) is 4.42. The van der Waals surface area contributed by atoms with Gasteiger partial charge in [0.25, 0.3) is 0 Å². The second-order valence-electron chi connectivity index (χ2n) is 4.42. The van der Waals surface area contributed by atoms with Crippen molar-refractivity contribution in [3.63, 3.8) is 0 Å². The molecule has 0 aromatic carbocycles. The summed E-state index contributed by atoms with van der Waals surface area (Å²) in [5, 5.41) is 3.40. The van der Waals surface area contributed by atoms with Crippen molar-refractivity contribution in [3.05, 3.63) is 11.4 Å². The maximum atomic E-state index is 5.88. The zero-order valence-corrected chi connectivity index (χ0v) is 11.4. The van der Waals surface area contributed by atoms with E-state index in [0.717, 1.165) is 30.2 Å². The van der Waals surface area contributed by atoms with E-state index < -0.39 is 0 Å². The van der Waals surface area contributed by atoms with Gasteiger partial charge >= 0.3 is 0 Å². The first-order valence-corrected chi connectivity index (χ1v) is 6.49. The smallest absolute Gasteiger partial charge is 0.134 e. The summed E-state index contributed by atoms with van der Waals surface area (Å²) >= 11 is 0. The van der Waals surface area contributed by atoms with Crippen LogP contribution in [-0.2, 0) is 6.42 Å². The highest BCUT2D eigenvalue weighted by Crippen LogP contribution is 2.18. The van der Waals surface area contributed by atoms with Crippen LogP contribution in [0.5, 0.6) is 0 Å². The van der Waals surface area contributed by atoms with Crippen LogP contribution in [0.3, 0.4) is 0 Å². The number of nitrogens with two attached hydrogens (primary N) is 1. The number of aryl methyl sites for hydroxylation is 1. The van der Waals surface area contributed by atoms with Gasteiger partial charge in [0, 0.05) is 18.5 Å². The molecule has 1 aromatic heterocycles. The van der Waals surface area contributed by atoms with E-state index in [2.05, 4.69) is 29.1 Å². The molecule has 0 fully saturated rings. The van der Waals surface area contributed by atoms with Gasteiger partial charge < -0.3 is 11.1 Å². The molecule has 0 unspecified atom stereocenters. The van der Waals surface area contributed by atoms with E-state index in [0.29, 0.717) is 11.7 Å². The topological polar surface area (TPSA) is 63.8 Å². The zero-order chi connectivity index (χ0) is 12.8. The molecule has 0 bridgehead atoms. The van der Waals surface area contributed by atoms with Gasteiger partial charge in [-0.15, -0.1) is 0 Å². The molecule has 1 rings (SSSR count). The van der Waals surface area contributed by atoms with E-state index in [-0.39, 0.29) is 0 Å². The van der Waals surface area contributed by atoms with Gasteiger partial charge in [0.2, 0.25) is 0 Å². The normalized spacial score (nSPS) is 10.9. The number of aromatic nitrogens is 2. The molecular formula is C13H24N4. The van der Waals surface area contributed by atoms with Gasteiger partial charge in [-0.3, -0.25) is 0 Å². The third-order valence-corrected chi connectivity index (χ3v) is 3.26. The molecule has 0 spiro atoms. The molecule has 4 heteroatoms. The van der Waals surface area contributed by atoms with Crippen LogP contribution in [-0.4, -0.2) is 16.5 Å². The molecule has 0 atom stereocenters. The molecule has 4 nitrogen and oxygen atoms in total. The van der Waals surface area contributed by atoms with Crippen molar-refractivity contribution < 1.29 is 0 Å². The minimum absolute atomic E-state index is 0.587. The maximum Gasteiger partial charge on any atom is 0.134 e. The molecule has 0 aliphatic heterocycles. The van der Waals surface area contributed by atoms with Crippen molar-refractivity contribution in [2.75, 3.05) is 17.6 Å². The first-order valence-electron chi connectivity index (χ1n) is 6.49. The van der Waals surface area contributed by atoms with Gasteiger partial charge in [-0.25, -0.2) is 9.97 Å². The summed E-state index contributed by atoms with van der Waals surface area (Å²) in [6, 6.07) is 0. The molecule has 3 N–H and O–H groups in total. The van der Waals surface area contributed by atoms with Crippen LogP contribution >= 0.6 is 0 Å². The van der Waals surface area contributed by atoms with Gasteiger partial charge in [-0.1, -0.05) is 33.6 Å². The first-order chi connectivity index (χ1) is 8.12. The maximum absolute atomic E-state index is 5.88. The molecule has 0 aliphatic carbocycles. The molecule has 96 valence electrons. The average Bonchev–Trinajstić information content (AvgIpc) is 2.35. The van der Waals surface area contributed by atoms with Crippen molar-refractivity contribution in [2.24, 2.45) is 5.92 Å². The van der Waals surface area contributed by atoms with Gasteiger partial charge in [0.1, 0.15) is 17.5 Å². The van der Waals surface area contributed by atoms with Crippen LogP contribution in [0, 0.1) is 12.8 Å². The minimum Gasteiger partial charge on any atom is -0.383 e. The molecule has 0 aliphatic rings. The predicted octanol–water partition coefficient (Wildman–Crippen LogP) is 2.78. The first kappa shape index (κ1) is 13.7. The van der Waals surface area contributed by atoms with Crippen LogP contribution in [0.15, 0.2) is 0 Å². The lowest BCUT2D eigenvalue weighted by Gasteiger charge is -2.16. The summed E-state index contributed by atoms with van der Waals surface area (Å²) in [7, 11) is 0. The number of nitrogen functional groups attached to an aromatic ring is 1. The Labute approximate surface area is 104 Å². The Balaban J connectivity index is 2.79. The number of rotatable bonds is 6. The molecule has 17 heavy (non-hydrogen) atoms. The van der Waals surface area contributed by atoms with Crippen LogP contribution in [0.1, 0.15) is 45.0 Å². The number of hydrogen-bond donors (Lipinski definition) is 2.